The first-order valence-corrected chi connectivity index (χ1v) is 7.88. The Bertz CT molecular complexity index is 672. The molecule has 1 aliphatic heterocycles. The average Bonchev–Trinajstić information content (AvgIpc) is 2.48. The van der Waals surface area contributed by atoms with E-state index in [0.717, 1.165) is 32.0 Å². The molecule has 0 spiro atoms. The topological polar surface area (TPSA) is 61.3 Å². The Kier molecular flexibility index (Phi) is 4.63. The van der Waals surface area contributed by atoms with Crippen molar-refractivity contribution in [2.75, 3.05) is 25.5 Å². The van der Waals surface area contributed by atoms with Gasteiger partial charge >= 0.3 is 0 Å². The van der Waals surface area contributed by atoms with Gasteiger partial charge in [0.25, 0.3) is 0 Å². The van der Waals surface area contributed by atoms with E-state index in [9.17, 15) is 9.50 Å². The Morgan fingerprint density at radius 3 is 2.83 bits per heavy atom. The van der Waals surface area contributed by atoms with Gasteiger partial charge in [-0.3, -0.25) is 0 Å². The molecule has 0 saturated carbocycles. The molecule has 1 unspecified atom stereocenters. The van der Waals surface area contributed by atoms with Crippen LogP contribution in [0.25, 0.3) is 11.3 Å². The molecule has 23 heavy (non-hydrogen) atoms. The van der Waals surface area contributed by atoms with Crippen LogP contribution in [0.1, 0.15) is 12.8 Å². The summed E-state index contributed by atoms with van der Waals surface area (Å²) < 4.78 is 14.0. The molecule has 2 heterocycles. The number of hydrogen-bond acceptors (Lipinski definition) is 5. The number of benzene rings is 1. The van der Waals surface area contributed by atoms with Gasteiger partial charge in [-0.05, 0) is 50.7 Å². The molecule has 0 aliphatic carbocycles. The van der Waals surface area contributed by atoms with Crippen LogP contribution < -0.4 is 5.32 Å². The summed E-state index contributed by atoms with van der Waals surface area (Å²) in [7, 11) is 2.09. The highest BCUT2D eigenvalue weighted by atomic mass is 35.5. The highest BCUT2D eigenvalue weighted by Crippen LogP contribution is 2.33. The third-order valence-corrected chi connectivity index (χ3v) is 4.15. The van der Waals surface area contributed by atoms with Crippen LogP contribution >= 0.6 is 11.6 Å². The van der Waals surface area contributed by atoms with E-state index in [1.807, 2.05) is 0 Å². The van der Waals surface area contributed by atoms with E-state index in [0.29, 0.717) is 11.9 Å². The standard InChI is InChI=1S/C16H18ClFN4O/c1-22-6-2-3-11(9-22)19-15-5-4-13(20-21-15)16-12(18)7-10(17)8-14(16)23/h4-5,7-8,11,23H,2-3,6,9H2,1H3,(H,19,21). The molecule has 1 saturated heterocycles. The number of aromatic hydroxyl groups is 1. The third-order valence-electron chi connectivity index (χ3n) is 3.93. The fourth-order valence-electron chi connectivity index (χ4n) is 2.85. The van der Waals surface area contributed by atoms with E-state index >= 15 is 0 Å². The van der Waals surface area contributed by atoms with Crippen molar-refractivity contribution in [2.45, 2.75) is 18.9 Å². The molecule has 0 radical (unpaired) electrons. The van der Waals surface area contributed by atoms with Gasteiger partial charge in [-0.2, -0.15) is 0 Å². The molecule has 2 aromatic rings. The summed E-state index contributed by atoms with van der Waals surface area (Å²) in [5.74, 6) is -0.235. The third kappa shape index (κ3) is 3.71. The summed E-state index contributed by atoms with van der Waals surface area (Å²) in [4.78, 5) is 2.27. The molecule has 2 N–H and O–H groups in total. The summed E-state index contributed by atoms with van der Waals surface area (Å²) in [5, 5.41) is 21.4. The zero-order chi connectivity index (χ0) is 16.4. The molecular formula is C16H18ClFN4O. The summed E-state index contributed by atoms with van der Waals surface area (Å²) >= 11 is 5.71. The summed E-state index contributed by atoms with van der Waals surface area (Å²) in [5.41, 5.74) is 0.272. The van der Waals surface area contributed by atoms with Gasteiger partial charge in [0.05, 0.1) is 11.3 Å². The fourth-order valence-corrected chi connectivity index (χ4v) is 3.05. The van der Waals surface area contributed by atoms with Crippen molar-refractivity contribution in [3.63, 3.8) is 0 Å². The van der Waals surface area contributed by atoms with Crippen LogP contribution in [0.3, 0.4) is 0 Å². The number of halogens is 2. The minimum atomic E-state index is -0.626. The lowest BCUT2D eigenvalue weighted by Crippen LogP contribution is -2.39. The molecular weight excluding hydrogens is 319 g/mol. The quantitative estimate of drug-likeness (QED) is 0.901. The Hall–Kier alpha value is -1.92. The Labute approximate surface area is 139 Å². The monoisotopic (exact) mass is 336 g/mol. The molecule has 7 heteroatoms. The van der Waals surface area contributed by atoms with E-state index in [2.05, 4.69) is 27.5 Å². The number of piperidine rings is 1. The molecule has 1 aromatic heterocycles. The van der Waals surface area contributed by atoms with Crippen molar-refractivity contribution in [1.29, 1.82) is 0 Å². The molecule has 3 rings (SSSR count). The molecule has 1 fully saturated rings. The molecule has 1 aliphatic rings. The molecule has 1 atom stereocenters. The van der Waals surface area contributed by atoms with E-state index in [-0.39, 0.29) is 22.0 Å². The number of likely N-dealkylation sites (tertiary alicyclic amines) is 1. The van der Waals surface area contributed by atoms with Gasteiger partial charge < -0.3 is 15.3 Å². The van der Waals surface area contributed by atoms with Gasteiger partial charge in [0, 0.05) is 17.6 Å². The number of anilines is 1. The number of aromatic nitrogens is 2. The van der Waals surface area contributed by atoms with E-state index in [4.69, 9.17) is 11.6 Å². The van der Waals surface area contributed by atoms with Crippen LogP contribution in [0.2, 0.25) is 5.02 Å². The van der Waals surface area contributed by atoms with Crippen molar-refractivity contribution in [2.24, 2.45) is 0 Å². The number of likely N-dealkylation sites (N-methyl/N-ethyl adjacent to an activating group) is 1. The lowest BCUT2D eigenvalue weighted by molar-refractivity contribution is 0.260. The zero-order valence-corrected chi connectivity index (χ0v) is 13.5. The van der Waals surface area contributed by atoms with Gasteiger partial charge in [0.15, 0.2) is 0 Å². The number of phenolic OH excluding ortho intramolecular Hbond substituents is 1. The van der Waals surface area contributed by atoms with Crippen LogP contribution in [0.5, 0.6) is 5.75 Å². The predicted molar refractivity (Wildman–Crippen MR) is 88.2 cm³/mol. The predicted octanol–water partition coefficient (Wildman–Crippen LogP) is 3.15. The van der Waals surface area contributed by atoms with Crippen LogP contribution in [-0.2, 0) is 0 Å². The van der Waals surface area contributed by atoms with Crippen molar-refractivity contribution in [3.05, 3.63) is 35.1 Å². The van der Waals surface area contributed by atoms with Crippen molar-refractivity contribution in [3.8, 4) is 17.0 Å². The number of rotatable bonds is 3. The minimum Gasteiger partial charge on any atom is -0.507 e. The summed E-state index contributed by atoms with van der Waals surface area (Å²) in [6.07, 6.45) is 2.23. The normalized spacial score (nSPS) is 18.8. The first-order valence-electron chi connectivity index (χ1n) is 7.50. The maximum atomic E-state index is 14.0. The first kappa shape index (κ1) is 16.0. The van der Waals surface area contributed by atoms with Crippen molar-refractivity contribution in [1.82, 2.24) is 15.1 Å². The SMILES string of the molecule is CN1CCCC(Nc2ccc(-c3c(O)cc(Cl)cc3F)nn2)C1. The number of nitrogens with zero attached hydrogens (tertiary/aromatic N) is 3. The van der Waals surface area contributed by atoms with Crippen molar-refractivity contribution < 1.29 is 9.50 Å². The van der Waals surface area contributed by atoms with Crippen LogP contribution in [-0.4, -0.2) is 46.4 Å². The highest BCUT2D eigenvalue weighted by Gasteiger charge is 2.18. The summed E-state index contributed by atoms with van der Waals surface area (Å²) in [6, 6.07) is 6.13. The fraction of sp³-hybridized carbons (Fsp3) is 0.375. The molecule has 0 amide bonds. The van der Waals surface area contributed by atoms with Gasteiger partial charge in [-0.15, -0.1) is 10.2 Å². The number of phenols is 1. The first-order chi connectivity index (χ1) is 11.0. The second-order valence-corrected chi connectivity index (χ2v) is 6.27. The van der Waals surface area contributed by atoms with E-state index < -0.39 is 5.82 Å². The highest BCUT2D eigenvalue weighted by molar-refractivity contribution is 6.30. The van der Waals surface area contributed by atoms with Gasteiger partial charge in [-0.25, -0.2) is 4.39 Å². The van der Waals surface area contributed by atoms with Gasteiger partial charge in [-0.1, -0.05) is 11.6 Å². The number of hydrogen-bond donors (Lipinski definition) is 2. The average molecular weight is 337 g/mol. The van der Waals surface area contributed by atoms with Crippen LogP contribution in [0, 0.1) is 5.82 Å². The molecule has 5 nitrogen and oxygen atoms in total. The van der Waals surface area contributed by atoms with Gasteiger partial charge in [0.1, 0.15) is 17.4 Å². The van der Waals surface area contributed by atoms with Crippen molar-refractivity contribution >= 4 is 17.4 Å². The second kappa shape index (κ2) is 6.68. The Balaban J connectivity index is 1.77. The van der Waals surface area contributed by atoms with E-state index in [1.54, 1.807) is 12.1 Å². The van der Waals surface area contributed by atoms with E-state index in [1.165, 1.54) is 6.07 Å². The number of nitrogens with one attached hydrogen (secondary N) is 1. The summed E-state index contributed by atoms with van der Waals surface area (Å²) in [6.45, 7) is 2.06. The van der Waals surface area contributed by atoms with Gasteiger partial charge in [0.2, 0.25) is 0 Å². The molecule has 1 aromatic carbocycles. The molecule has 122 valence electrons. The molecule has 0 bridgehead atoms. The maximum Gasteiger partial charge on any atom is 0.148 e. The lowest BCUT2D eigenvalue weighted by Gasteiger charge is -2.30. The zero-order valence-electron chi connectivity index (χ0n) is 12.8. The lowest BCUT2D eigenvalue weighted by atomic mass is 10.1. The van der Waals surface area contributed by atoms with Crippen LogP contribution in [0.4, 0.5) is 10.2 Å². The van der Waals surface area contributed by atoms with Crippen LogP contribution in [0.15, 0.2) is 24.3 Å². The Morgan fingerprint density at radius 2 is 2.17 bits per heavy atom. The smallest absolute Gasteiger partial charge is 0.148 e. The Morgan fingerprint density at radius 1 is 1.35 bits per heavy atom. The maximum absolute atomic E-state index is 14.0. The minimum absolute atomic E-state index is 0.00542. The largest absolute Gasteiger partial charge is 0.507 e. The second-order valence-electron chi connectivity index (χ2n) is 5.83.